The van der Waals surface area contributed by atoms with Gasteiger partial charge < -0.3 is 24.0 Å². The summed E-state index contributed by atoms with van der Waals surface area (Å²) in [6.07, 6.45) is 1.68. The summed E-state index contributed by atoms with van der Waals surface area (Å²) >= 11 is 0.680. The van der Waals surface area contributed by atoms with Crippen molar-refractivity contribution in [3.8, 4) is 5.75 Å². The van der Waals surface area contributed by atoms with Crippen LogP contribution >= 0.6 is 27.0 Å². The molecule has 0 radical (unpaired) electrons. The molecule has 0 aliphatic heterocycles. The smallest absolute Gasteiger partial charge is 0.354 e. The molecular formula is C26H50O7P2SSi. The molecule has 0 spiro atoms. The van der Waals surface area contributed by atoms with Crippen molar-refractivity contribution in [2.75, 3.05) is 0 Å². The van der Waals surface area contributed by atoms with Crippen molar-refractivity contribution >= 4 is 35.3 Å². The first-order valence-corrected chi connectivity index (χ1v) is 20.3. The molecule has 0 saturated heterocycles. The molecule has 0 heterocycles. The van der Waals surface area contributed by atoms with Crippen LogP contribution in [0.25, 0.3) is 0 Å². The maximum absolute atomic E-state index is 12.8. The molecule has 0 aliphatic carbocycles. The fraction of sp³-hybridized carbons (Fsp3) is 0.769. The van der Waals surface area contributed by atoms with Crippen LogP contribution in [-0.4, -0.2) is 32.1 Å². The molecule has 0 saturated carbocycles. The van der Waals surface area contributed by atoms with Crippen LogP contribution in [-0.2, 0) is 32.8 Å². The van der Waals surface area contributed by atoms with Gasteiger partial charge >= 0.3 is 15.2 Å². The highest BCUT2D eigenvalue weighted by Crippen LogP contribution is 2.77. The van der Waals surface area contributed by atoms with Crippen LogP contribution in [0.1, 0.15) is 104 Å². The highest BCUT2D eigenvalue weighted by Gasteiger charge is 2.60. The van der Waals surface area contributed by atoms with Crippen molar-refractivity contribution in [3.63, 3.8) is 0 Å². The largest absolute Gasteiger partial charge is 0.544 e. The standard InChI is InChI=1S/C26H50O7P2SSi/c1-13-17-37(11,12)33-22-20(24(5,6)7)18(14-2)23(19(15-3)21(22)25(8,9)10)36-26(16-4,34(27,28)29)35(30,31)32/h13-17H2,1-12H3,(H2,27,28,29)(H2,30,31,32). The Balaban J connectivity index is 4.48. The van der Waals surface area contributed by atoms with Gasteiger partial charge in [-0.2, -0.15) is 0 Å². The highest BCUT2D eigenvalue weighted by atomic mass is 32.2. The third kappa shape index (κ3) is 7.35. The fourth-order valence-electron chi connectivity index (χ4n) is 5.16. The molecule has 216 valence electrons. The Hall–Kier alpha value is -0.113. The van der Waals surface area contributed by atoms with Gasteiger partial charge in [0.15, 0.2) is 0 Å². The van der Waals surface area contributed by atoms with Gasteiger partial charge in [0.25, 0.3) is 0 Å². The first-order valence-electron chi connectivity index (χ1n) is 13.2. The lowest BCUT2D eigenvalue weighted by Gasteiger charge is -2.40. The van der Waals surface area contributed by atoms with Gasteiger partial charge in [0, 0.05) is 16.0 Å². The van der Waals surface area contributed by atoms with E-state index >= 15 is 0 Å². The molecule has 11 heteroatoms. The Bertz CT molecular complexity index is 997. The monoisotopic (exact) mass is 596 g/mol. The van der Waals surface area contributed by atoms with E-state index in [2.05, 4.69) is 61.6 Å². The average molecular weight is 597 g/mol. The highest BCUT2D eigenvalue weighted by molar-refractivity contribution is 8.13. The molecule has 37 heavy (non-hydrogen) atoms. The SMILES string of the molecule is CCC[Si](C)(C)Oc1c(C(C)(C)C)c(CC)c(SC(CC)(P(=O)(O)O)P(=O)(O)O)c(CC)c1C(C)(C)C. The molecule has 0 amide bonds. The van der Waals surface area contributed by atoms with Gasteiger partial charge in [0.2, 0.25) is 12.5 Å². The molecule has 0 aromatic heterocycles. The summed E-state index contributed by atoms with van der Waals surface area (Å²) in [4.78, 5) is 42.0. The van der Waals surface area contributed by atoms with E-state index in [0.717, 1.165) is 40.5 Å². The first kappa shape index (κ1) is 34.9. The van der Waals surface area contributed by atoms with Gasteiger partial charge in [-0.25, -0.2) is 0 Å². The summed E-state index contributed by atoms with van der Waals surface area (Å²) in [5, 5.41) is 0. The Labute approximate surface area is 230 Å². The van der Waals surface area contributed by atoms with Crippen molar-refractivity contribution in [1.29, 1.82) is 0 Å². The molecule has 1 rings (SSSR count). The Morgan fingerprint density at radius 2 is 1.16 bits per heavy atom. The van der Waals surface area contributed by atoms with Gasteiger partial charge in [-0.05, 0) is 60.4 Å². The maximum Gasteiger partial charge on any atom is 0.354 e. The number of hydrogen-bond acceptors (Lipinski definition) is 4. The van der Waals surface area contributed by atoms with Crippen molar-refractivity contribution in [1.82, 2.24) is 0 Å². The predicted octanol–water partition coefficient (Wildman–Crippen LogP) is 7.91. The lowest BCUT2D eigenvalue weighted by atomic mass is 9.74. The van der Waals surface area contributed by atoms with Crippen LogP contribution in [0.2, 0.25) is 19.1 Å². The summed E-state index contributed by atoms with van der Waals surface area (Å²) < 4.78 is 30.0. The minimum absolute atomic E-state index is 0.386. The third-order valence-electron chi connectivity index (χ3n) is 6.68. The lowest BCUT2D eigenvalue weighted by Crippen LogP contribution is -2.37. The van der Waals surface area contributed by atoms with E-state index in [0.29, 0.717) is 29.5 Å². The van der Waals surface area contributed by atoms with Crippen molar-refractivity contribution in [2.45, 2.75) is 134 Å². The zero-order valence-electron chi connectivity index (χ0n) is 24.9. The van der Waals surface area contributed by atoms with Gasteiger partial charge in [-0.15, -0.1) is 0 Å². The molecule has 1 aromatic carbocycles. The molecule has 0 fully saturated rings. The Morgan fingerprint density at radius 3 is 1.41 bits per heavy atom. The Kier molecular flexibility index (Phi) is 11.1. The van der Waals surface area contributed by atoms with Crippen LogP contribution in [0.3, 0.4) is 0 Å². The minimum Gasteiger partial charge on any atom is -0.544 e. The summed E-state index contributed by atoms with van der Waals surface area (Å²) in [5.41, 5.74) is 2.82. The fourth-order valence-corrected chi connectivity index (χ4v) is 12.1. The van der Waals surface area contributed by atoms with E-state index in [1.807, 2.05) is 13.8 Å². The van der Waals surface area contributed by atoms with Crippen LogP contribution in [0, 0.1) is 0 Å². The number of rotatable bonds is 11. The molecule has 0 atom stereocenters. The summed E-state index contributed by atoms with van der Waals surface area (Å²) in [6, 6.07) is 0.981. The minimum atomic E-state index is -5.25. The normalized spacial score (nSPS) is 14.3. The van der Waals surface area contributed by atoms with Gasteiger partial charge in [-0.3, -0.25) is 9.13 Å². The summed E-state index contributed by atoms with van der Waals surface area (Å²) in [5.74, 6) is 0.845. The number of hydrogen-bond donors (Lipinski definition) is 4. The molecule has 1 aromatic rings. The van der Waals surface area contributed by atoms with Gasteiger partial charge in [0.05, 0.1) is 0 Å². The van der Waals surface area contributed by atoms with Gasteiger partial charge in [-0.1, -0.05) is 87.4 Å². The van der Waals surface area contributed by atoms with Gasteiger partial charge in [0.1, 0.15) is 5.75 Å². The molecule has 4 N–H and O–H groups in total. The second-order valence-corrected chi connectivity index (χ2v) is 22.7. The van der Waals surface area contributed by atoms with Crippen molar-refractivity contribution in [3.05, 3.63) is 22.3 Å². The van der Waals surface area contributed by atoms with E-state index in [1.165, 1.54) is 6.92 Å². The average Bonchev–Trinajstić information content (AvgIpc) is 2.67. The molecule has 0 bridgehead atoms. The van der Waals surface area contributed by atoms with E-state index in [9.17, 15) is 28.7 Å². The second kappa shape index (κ2) is 11.8. The van der Waals surface area contributed by atoms with Crippen molar-refractivity contribution in [2.24, 2.45) is 0 Å². The van der Waals surface area contributed by atoms with E-state index in [1.54, 1.807) is 0 Å². The third-order valence-corrected chi connectivity index (χ3v) is 16.4. The molecule has 0 aliphatic rings. The Morgan fingerprint density at radius 1 is 0.784 bits per heavy atom. The molecule has 7 nitrogen and oxygen atoms in total. The maximum atomic E-state index is 12.8. The summed E-state index contributed by atoms with van der Waals surface area (Å²) in [7, 11) is -12.6. The lowest BCUT2D eigenvalue weighted by molar-refractivity contribution is 0.330. The predicted molar refractivity (Wildman–Crippen MR) is 159 cm³/mol. The van der Waals surface area contributed by atoms with Crippen molar-refractivity contribution < 1.29 is 33.1 Å². The van der Waals surface area contributed by atoms with E-state index < -0.39 is 38.6 Å². The van der Waals surface area contributed by atoms with E-state index in [-0.39, 0.29) is 6.42 Å². The zero-order valence-corrected chi connectivity index (χ0v) is 28.5. The second-order valence-electron chi connectivity index (χ2n) is 12.5. The molecule has 0 unspecified atom stereocenters. The van der Waals surface area contributed by atoms with E-state index in [4.69, 9.17) is 4.43 Å². The van der Waals surface area contributed by atoms with Crippen LogP contribution in [0.15, 0.2) is 4.90 Å². The zero-order chi connectivity index (χ0) is 29.4. The molecular weight excluding hydrogens is 546 g/mol. The quantitative estimate of drug-likeness (QED) is 0.115. The summed E-state index contributed by atoms with van der Waals surface area (Å²) in [6.45, 7) is 24.5. The first-order chi connectivity index (χ1) is 16.5. The topological polar surface area (TPSA) is 124 Å². The van der Waals surface area contributed by atoms with Crippen LogP contribution in [0.5, 0.6) is 5.75 Å². The number of benzene rings is 1. The number of thioether (sulfide) groups is 1. The van der Waals surface area contributed by atoms with Crippen LogP contribution in [0.4, 0.5) is 0 Å². The van der Waals surface area contributed by atoms with Crippen LogP contribution < -0.4 is 4.43 Å².